The van der Waals surface area contributed by atoms with E-state index in [-0.39, 0.29) is 0 Å². The topological polar surface area (TPSA) is 57.4 Å². The second-order valence-corrected chi connectivity index (χ2v) is 7.40. The molecule has 0 radical (unpaired) electrons. The number of rotatable bonds is 4. The molecule has 5 rings (SSSR count). The fraction of sp³-hybridized carbons (Fsp3) is 0.0769. The number of aromatic nitrogens is 4. The van der Waals surface area contributed by atoms with Gasteiger partial charge in [0.1, 0.15) is 0 Å². The van der Waals surface area contributed by atoms with Gasteiger partial charge in [-0.1, -0.05) is 12.2 Å². The van der Waals surface area contributed by atoms with E-state index in [0.717, 1.165) is 62.4 Å². The summed E-state index contributed by atoms with van der Waals surface area (Å²) in [6.45, 7) is 7.87. The van der Waals surface area contributed by atoms with Crippen molar-refractivity contribution < 1.29 is 0 Å². The number of aromatic amines is 2. The largest absolute Gasteiger partial charge is 0.355 e. The number of fused-ring (bicyclic) bond motifs is 8. The lowest BCUT2D eigenvalue weighted by atomic mass is 10.1. The van der Waals surface area contributed by atoms with Crippen molar-refractivity contribution >= 4 is 46.4 Å². The number of nitrogens with one attached hydrogen (secondary N) is 2. The summed E-state index contributed by atoms with van der Waals surface area (Å²) in [5.41, 5.74) is 10.1. The minimum Gasteiger partial charge on any atom is -0.355 e. The summed E-state index contributed by atoms with van der Waals surface area (Å²) in [5.74, 6) is 0. The fourth-order valence-corrected chi connectivity index (χ4v) is 3.90. The van der Waals surface area contributed by atoms with E-state index in [4.69, 9.17) is 9.97 Å². The average Bonchev–Trinajstić information content (AvgIpc) is 3.53. The zero-order chi connectivity index (χ0) is 20.5. The predicted molar refractivity (Wildman–Crippen MR) is 127 cm³/mol. The normalized spacial score (nSPS) is 12.3. The molecule has 0 spiro atoms. The van der Waals surface area contributed by atoms with Crippen LogP contribution in [0.3, 0.4) is 0 Å². The maximum atomic E-state index is 4.96. The van der Waals surface area contributed by atoms with Crippen LogP contribution in [-0.2, 0) is 12.8 Å². The SMILES string of the molecule is C=CCc1c2nc(cc3ccc(cc4ccc([nH]4)c(CC=C)c4nc1C=C4)[nH]3)C=C2. The molecule has 3 aromatic heterocycles. The van der Waals surface area contributed by atoms with Crippen molar-refractivity contribution in [2.24, 2.45) is 0 Å². The summed E-state index contributed by atoms with van der Waals surface area (Å²) < 4.78 is 0. The van der Waals surface area contributed by atoms with Gasteiger partial charge in [0.15, 0.2) is 0 Å². The predicted octanol–water partition coefficient (Wildman–Crippen LogP) is 6.11. The summed E-state index contributed by atoms with van der Waals surface area (Å²) in [4.78, 5) is 16.8. The zero-order valence-electron chi connectivity index (χ0n) is 16.7. The molecule has 4 heteroatoms. The van der Waals surface area contributed by atoms with Crippen LogP contribution in [0.15, 0.2) is 61.7 Å². The fourth-order valence-electron chi connectivity index (χ4n) is 3.90. The van der Waals surface area contributed by atoms with Crippen LogP contribution in [0.5, 0.6) is 0 Å². The smallest absolute Gasteiger partial charge is 0.0694 e. The Labute approximate surface area is 175 Å². The van der Waals surface area contributed by atoms with Crippen LogP contribution in [0.25, 0.3) is 46.4 Å². The molecule has 5 heterocycles. The number of hydrogen-bond donors (Lipinski definition) is 2. The lowest BCUT2D eigenvalue weighted by Crippen LogP contribution is -1.93. The van der Waals surface area contributed by atoms with Gasteiger partial charge < -0.3 is 9.97 Å². The highest BCUT2D eigenvalue weighted by Gasteiger charge is 2.13. The third kappa shape index (κ3) is 3.33. The molecule has 0 atom stereocenters. The summed E-state index contributed by atoms with van der Waals surface area (Å²) in [6, 6.07) is 12.5. The number of hydrogen-bond acceptors (Lipinski definition) is 2. The van der Waals surface area contributed by atoms with Gasteiger partial charge in [0.25, 0.3) is 0 Å². The summed E-state index contributed by atoms with van der Waals surface area (Å²) in [7, 11) is 0. The van der Waals surface area contributed by atoms with Crippen LogP contribution in [0.1, 0.15) is 33.9 Å². The Bertz CT molecular complexity index is 1380. The second-order valence-electron chi connectivity index (χ2n) is 7.40. The molecule has 2 N–H and O–H groups in total. The van der Waals surface area contributed by atoms with E-state index in [1.165, 1.54) is 0 Å². The van der Waals surface area contributed by atoms with Crippen molar-refractivity contribution in [2.45, 2.75) is 12.8 Å². The lowest BCUT2D eigenvalue weighted by molar-refractivity contribution is 1.13. The Kier molecular flexibility index (Phi) is 4.52. The third-order valence-electron chi connectivity index (χ3n) is 5.31. The van der Waals surface area contributed by atoms with Crippen LogP contribution in [0.2, 0.25) is 0 Å². The first-order valence-corrected chi connectivity index (χ1v) is 10.0. The van der Waals surface area contributed by atoms with Gasteiger partial charge in [-0.2, -0.15) is 0 Å². The zero-order valence-corrected chi connectivity index (χ0v) is 16.7. The maximum absolute atomic E-state index is 4.96. The first-order chi connectivity index (χ1) is 14.7. The minimum absolute atomic E-state index is 0.706. The molecule has 0 aliphatic carbocycles. The Morgan fingerprint density at radius 1 is 0.667 bits per heavy atom. The first kappa shape index (κ1) is 18.1. The molecule has 3 aromatic rings. The van der Waals surface area contributed by atoms with E-state index >= 15 is 0 Å². The van der Waals surface area contributed by atoms with Crippen LogP contribution in [0, 0.1) is 0 Å². The van der Waals surface area contributed by atoms with Gasteiger partial charge in [-0.05, 0) is 73.5 Å². The van der Waals surface area contributed by atoms with Gasteiger partial charge in [-0.15, -0.1) is 13.2 Å². The van der Waals surface area contributed by atoms with Crippen molar-refractivity contribution in [1.29, 1.82) is 0 Å². The molecular weight excluding hydrogens is 368 g/mol. The highest BCUT2D eigenvalue weighted by molar-refractivity contribution is 5.81. The molecule has 0 saturated carbocycles. The van der Waals surface area contributed by atoms with Gasteiger partial charge in [0.05, 0.1) is 22.8 Å². The second kappa shape index (κ2) is 7.48. The molecule has 8 bridgehead atoms. The molecule has 2 aliphatic rings. The van der Waals surface area contributed by atoms with E-state index < -0.39 is 0 Å². The molecule has 0 aromatic carbocycles. The van der Waals surface area contributed by atoms with Gasteiger partial charge in [0, 0.05) is 33.2 Å². The maximum Gasteiger partial charge on any atom is 0.0694 e. The van der Waals surface area contributed by atoms with Crippen LogP contribution >= 0.6 is 0 Å². The molecule has 0 amide bonds. The van der Waals surface area contributed by atoms with Gasteiger partial charge in [-0.25, -0.2) is 9.97 Å². The molecular formula is C26H22N4. The minimum atomic E-state index is 0.706. The number of H-pyrrole nitrogens is 2. The van der Waals surface area contributed by atoms with E-state index in [1.54, 1.807) is 0 Å². The van der Waals surface area contributed by atoms with Crippen LogP contribution in [0.4, 0.5) is 0 Å². The van der Waals surface area contributed by atoms with Crippen molar-refractivity contribution in [3.8, 4) is 0 Å². The highest BCUT2D eigenvalue weighted by Crippen LogP contribution is 2.25. The lowest BCUT2D eigenvalue weighted by Gasteiger charge is -2.01. The van der Waals surface area contributed by atoms with Crippen LogP contribution < -0.4 is 0 Å². The van der Waals surface area contributed by atoms with Gasteiger partial charge in [-0.3, -0.25) is 0 Å². The van der Waals surface area contributed by atoms with E-state index in [9.17, 15) is 0 Å². The van der Waals surface area contributed by atoms with E-state index in [2.05, 4.69) is 77.8 Å². The van der Waals surface area contributed by atoms with Crippen molar-refractivity contribution in [3.63, 3.8) is 0 Å². The monoisotopic (exact) mass is 390 g/mol. The van der Waals surface area contributed by atoms with Gasteiger partial charge in [0.2, 0.25) is 0 Å². The Morgan fingerprint density at radius 2 is 1.27 bits per heavy atom. The average molecular weight is 390 g/mol. The molecule has 4 nitrogen and oxygen atoms in total. The summed E-state index contributed by atoms with van der Waals surface area (Å²) in [5, 5.41) is 0. The van der Waals surface area contributed by atoms with Crippen molar-refractivity contribution in [2.75, 3.05) is 0 Å². The standard InChI is InChI=1S/C26H22N4/c1-3-5-21-23-11-9-19(28-23)15-17-7-8-18(27-17)16-20-10-12-24(29-20)22(6-4-2)26-14-13-25(21)30-26/h3-4,7-16,27-28H,1-2,5-6H2. The van der Waals surface area contributed by atoms with E-state index in [0.29, 0.717) is 6.42 Å². The highest BCUT2D eigenvalue weighted by atomic mass is 14.8. The Balaban J connectivity index is 1.91. The Morgan fingerprint density at radius 3 is 2.07 bits per heavy atom. The number of nitrogens with zero attached hydrogens (tertiary/aromatic N) is 2. The molecule has 146 valence electrons. The summed E-state index contributed by atoms with van der Waals surface area (Å²) in [6.07, 6.45) is 13.5. The first-order valence-electron chi connectivity index (χ1n) is 10.0. The molecule has 0 fully saturated rings. The molecule has 0 unspecified atom stereocenters. The molecule has 0 saturated heterocycles. The van der Waals surface area contributed by atoms with Crippen molar-refractivity contribution in [3.05, 3.63) is 95.6 Å². The van der Waals surface area contributed by atoms with Crippen LogP contribution in [-0.4, -0.2) is 19.9 Å². The Hall–Kier alpha value is -3.92. The van der Waals surface area contributed by atoms with Crippen molar-refractivity contribution in [1.82, 2.24) is 19.9 Å². The third-order valence-corrected chi connectivity index (χ3v) is 5.31. The summed E-state index contributed by atoms with van der Waals surface area (Å²) >= 11 is 0. The molecule has 30 heavy (non-hydrogen) atoms. The van der Waals surface area contributed by atoms with Gasteiger partial charge >= 0.3 is 0 Å². The van der Waals surface area contributed by atoms with E-state index in [1.807, 2.05) is 18.2 Å². The molecule has 2 aliphatic heterocycles. The number of allylic oxidation sites excluding steroid dienone is 2. The quantitative estimate of drug-likeness (QED) is 0.364.